The molecule has 1 saturated carbocycles. The van der Waals surface area contributed by atoms with Gasteiger partial charge in [0.2, 0.25) is 20.0 Å². The van der Waals surface area contributed by atoms with E-state index in [-0.39, 0.29) is 21.9 Å². The Morgan fingerprint density at radius 1 is 1.03 bits per heavy atom. The summed E-state index contributed by atoms with van der Waals surface area (Å²) in [5, 5.41) is 0. The fourth-order valence-corrected chi connectivity index (χ4v) is 5.97. The van der Waals surface area contributed by atoms with Crippen LogP contribution >= 0.6 is 15.9 Å². The number of benzene rings is 2. The minimum Gasteiger partial charge on any atom is -0.208 e. The molecular formula is C18H19BrF2N2O4S2. The summed E-state index contributed by atoms with van der Waals surface area (Å²) < 4.78 is 81.9. The molecule has 0 heterocycles. The lowest BCUT2D eigenvalue weighted by atomic mass is 9.89. The van der Waals surface area contributed by atoms with E-state index in [1.54, 1.807) is 25.1 Å². The summed E-state index contributed by atoms with van der Waals surface area (Å²) in [6.07, 6.45) is -1.12. The molecule has 0 amide bonds. The summed E-state index contributed by atoms with van der Waals surface area (Å²) in [4.78, 5) is -0.101. The Hall–Kier alpha value is -1.40. The van der Waals surface area contributed by atoms with Gasteiger partial charge in [0.15, 0.2) is 0 Å². The van der Waals surface area contributed by atoms with E-state index in [0.717, 1.165) is 0 Å². The number of alkyl halides is 2. The Labute approximate surface area is 176 Å². The van der Waals surface area contributed by atoms with Crippen molar-refractivity contribution in [3.63, 3.8) is 0 Å². The van der Waals surface area contributed by atoms with E-state index in [1.165, 1.54) is 24.3 Å². The van der Waals surface area contributed by atoms with E-state index < -0.39 is 44.9 Å². The van der Waals surface area contributed by atoms with Gasteiger partial charge in [-0.25, -0.2) is 35.1 Å². The van der Waals surface area contributed by atoms with Gasteiger partial charge in [-0.15, -0.1) is 0 Å². The maximum atomic E-state index is 13.1. The third kappa shape index (κ3) is 5.02. The molecule has 0 unspecified atom stereocenters. The number of sulfonamides is 2. The smallest absolute Gasteiger partial charge is 0.208 e. The molecule has 2 N–H and O–H groups in total. The van der Waals surface area contributed by atoms with Gasteiger partial charge >= 0.3 is 0 Å². The van der Waals surface area contributed by atoms with Crippen molar-refractivity contribution in [3.8, 4) is 0 Å². The summed E-state index contributed by atoms with van der Waals surface area (Å²) in [7, 11) is -7.97. The second kappa shape index (κ2) is 8.03. The van der Waals surface area contributed by atoms with Crippen LogP contribution in [0.3, 0.4) is 0 Å². The minimum absolute atomic E-state index is 0.0480. The lowest BCUT2D eigenvalue weighted by molar-refractivity contribution is -0.0876. The second-order valence-corrected chi connectivity index (χ2v) is 11.2. The molecule has 1 aliphatic carbocycles. The van der Waals surface area contributed by atoms with E-state index in [2.05, 4.69) is 25.4 Å². The van der Waals surface area contributed by atoms with Crippen molar-refractivity contribution >= 4 is 36.0 Å². The van der Waals surface area contributed by atoms with Gasteiger partial charge < -0.3 is 0 Å². The number of rotatable bonds is 7. The molecule has 2 aromatic rings. The minimum atomic E-state index is -4.11. The Morgan fingerprint density at radius 2 is 1.66 bits per heavy atom. The highest BCUT2D eigenvalue weighted by Crippen LogP contribution is 2.38. The molecule has 0 saturated heterocycles. The van der Waals surface area contributed by atoms with E-state index in [4.69, 9.17) is 0 Å². The third-order valence-electron chi connectivity index (χ3n) is 4.68. The number of halogens is 3. The molecule has 29 heavy (non-hydrogen) atoms. The first kappa shape index (κ1) is 22.3. The quantitative estimate of drug-likeness (QED) is 0.599. The normalized spacial score (nSPS) is 17.1. The molecule has 1 aliphatic rings. The average Bonchev–Trinajstić information content (AvgIpc) is 2.61. The predicted molar refractivity (Wildman–Crippen MR) is 108 cm³/mol. The molecule has 0 atom stereocenters. The lowest BCUT2D eigenvalue weighted by Gasteiger charge is -2.35. The molecule has 158 valence electrons. The van der Waals surface area contributed by atoms with Crippen LogP contribution in [0.2, 0.25) is 0 Å². The number of hydrogen-bond acceptors (Lipinski definition) is 4. The Bertz CT molecular complexity index is 1120. The highest BCUT2D eigenvalue weighted by atomic mass is 79.9. The maximum absolute atomic E-state index is 13.1. The number of nitrogens with one attached hydrogen (secondary N) is 2. The van der Waals surface area contributed by atoms with Gasteiger partial charge in [0.1, 0.15) is 0 Å². The Kier molecular flexibility index (Phi) is 6.17. The summed E-state index contributed by atoms with van der Waals surface area (Å²) in [6.45, 7) is 1.37. The largest absolute Gasteiger partial charge is 0.251 e. The third-order valence-corrected chi connectivity index (χ3v) is 8.56. The molecule has 0 spiro atoms. The van der Waals surface area contributed by atoms with Gasteiger partial charge in [-0.3, -0.25) is 0 Å². The zero-order chi connectivity index (χ0) is 21.4. The van der Waals surface area contributed by atoms with E-state index in [1.807, 2.05) is 0 Å². The van der Waals surface area contributed by atoms with Crippen LogP contribution in [-0.4, -0.2) is 28.8 Å². The van der Waals surface area contributed by atoms with Crippen LogP contribution in [0.1, 0.15) is 24.0 Å². The SMILES string of the molecule is Cc1c(Br)ccc(S(=O)(=O)NC2CC(F)(F)C2)c1CNS(=O)(=O)c1ccccc1. The van der Waals surface area contributed by atoms with E-state index in [0.29, 0.717) is 10.0 Å². The molecule has 1 fully saturated rings. The van der Waals surface area contributed by atoms with Crippen LogP contribution in [-0.2, 0) is 26.6 Å². The summed E-state index contributed by atoms with van der Waals surface area (Å²) in [5.74, 6) is -2.86. The van der Waals surface area contributed by atoms with Gasteiger partial charge in [0.25, 0.3) is 5.92 Å². The van der Waals surface area contributed by atoms with Crippen molar-refractivity contribution in [1.82, 2.24) is 9.44 Å². The highest BCUT2D eigenvalue weighted by molar-refractivity contribution is 9.10. The van der Waals surface area contributed by atoms with Gasteiger partial charge in [0.05, 0.1) is 9.79 Å². The van der Waals surface area contributed by atoms with Gasteiger partial charge in [0, 0.05) is 29.9 Å². The Balaban J connectivity index is 1.88. The molecule has 2 aromatic carbocycles. The summed E-state index contributed by atoms with van der Waals surface area (Å²) >= 11 is 3.31. The Morgan fingerprint density at radius 3 is 2.24 bits per heavy atom. The van der Waals surface area contributed by atoms with Crippen LogP contribution in [0.5, 0.6) is 0 Å². The molecule has 6 nitrogen and oxygen atoms in total. The van der Waals surface area contributed by atoms with Crippen LogP contribution in [0.15, 0.2) is 56.7 Å². The molecule has 3 rings (SSSR count). The van der Waals surface area contributed by atoms with Crippen molar-refractivity contribution in [3.05, 3.63) is 58.1 Å². The van der Waals surface area contributed by atoms with Crippen molar-refractivity contribution in [2.75, 3.05) is 0 Å². The molecular weight excluding hydrogens is 490 g/mol. The first-order valence-corrected chi connectivity index (χ1v) is 12.4. The molecule has 0 radical (unpaired) electrons. The van der Waals surface area contributed by atoms with Crippen molar-refractivity contribution in [2.45, 2.75) is 48.1 Å². The average molecular weight is 509 g/mol. The summed E-state index contributed by atoms with van der Waals surface area (Å²) in [5.41, 5.74) is 0.764. The van der Waals surface area contributed by atoms with Gasteiger partial charge in [-0.05, 0) is 42.3 Å². The van der Waals surface area contributed by atoms with Gasteiger partial charge in [-0.1, -0.05) is 34.1 Å². The zero-order valence-corrected chi connectivity index (χ0v) is 18.5. The first-order valence-electron chi connectivity index (χ1n) is 8.64. The van der Waals surface area contributed by atoms with Crippen LogP contribution in [0.4, 0.5) is 8.78 Å². The number of hydrogen-bond donors (Lipinski definition) is 2. The summed E-state index contributed by atoms with van der Waals surface area (Å²) in [6, 6.07) is 9.67. The van der Waals surface area contributed by atoms with Crippen molar-refractivity contribution in [1.29, 1.82) is 0 Å². The fraction of sp³-hybridized carbons (Fsp3) is 0.333. The van der Waals surface area contributed by atoms with Crippen LogP contribution in [0.25, 0.3) is 0 Å². The maximum Gasteiger partial charge on any atom is 0.251 e. The van der Waals surface area contributed by atoms with Gasteiger partial charge in [-0.2, -0.15) is 0 Å². The predicted octanol–water partition coefficient (Wildman–Crippen LogP) is 3.31. The van der Waals surface area contributed by atoms with E-state index >= 15 is 0 Å². The van der Waals surface area contributed by atoms with Crippen LogP contribution in [0, 0.1) is 6.92 Å². The monoisotopic (exact) mass is 508 g/mol. The van der Waals surface area contributed by atoms with E-state index in [9.17, 15) is 25.6 Å². The standard InChI is InChI=1S/C18H19BrF2N2O4S2/c1-12-15(11-22-28(24,25)14-5-3-2-4-6-14)17(8-7-16(12)19)29(26,27)23-13-9-18(20,21)10-13/h2-8,13,22-23H,9-11H2,1H3. The molecule has 0 aromatic heterocycles. The topological polar surface area (TPSA) is 92.3 Å². The van der Waals surface area contributed by atoms with Crippen molar-refractivity contribution < 1.29 is 25.6 Å². The lowest BCUT2D eigenvalue weighted by Crippen LogP contribution is -2.50. The zero-order valence-electron chi connectivity index (χ0n) is 15.3. The molecule has 0 bridgehead atoms. The highest BCUT2D eigenvalue weighted by Gasteiger charge is 2.47. The fourth-order valence-electron chi connectivity index (χ4n) is 3.05. The second-order valence-electron chi connectivity index (χ2n) is 6.87. The molecule has 0 aliphatic heterocycles. The van der Waals surface area contributed by atoms with Crippen LogP contribution < -0.4 is 9.44 Å². The molecule has 11 heteroatoms. The first-order chi connectivity index (χ1) is 13.4. The van der Waals surface area contributed by atoms with Crippen molar-refractivity contribution in [2.24, 2.45) is 0 Å².